The fourth-order valence-corrected chi connectivity index (χ4v) is 2.42. The maximum absolute atomic E-state index is 5.56. The van der Waals surface area contributed by atoms with E-state index in [4.69, 9.17) is 5.84 Å². The Hall–Kier alpha value is -1.40. The third-order valence-corrected chi connectivity index (χ3v) is 4.08. The number of hydrogen-bond acceptors (Lipinski definition) is 6. The molecule has 1 heterocycles. The Labute approximate surface area is 127 Å². The zero-order chi connectivity index (χ0) is 15.2. The number of nitrogens with one attached hydrogen (secondary N) is 2. The van der Waals surface area contributed by atoms with Crippen molar-refractivity contribution in [2.24, 2.45) is 5.84 Å². The van der Waals surface area contributed by atoms with Gasteiger partial charge in [-0.2, -0.15) is 0 Å². The summed E-state index contributed by atoms with van der Waals surface area (Å²) in [5.74, 6) is 8.65. The molecule has 1 aromatic heterocycles. The molecular formula is C15H28N6. The van der Waals surface area contributed by atoms with Crippen LogP contribution in [0.5, 0.6) is 0 Å². The van der Waals surface area contributed by atoms with Crippen LogP contribution in [0.1, 0.15) is 50.4 Å². The summed E-state index contributed by atoms with van der Waals surface area (Å²) in [5.41, 5.74) is 3.68. The van der Waals surface area contributed by atoms with Crippen molar-refractivity contribution in [2.75, 3.05) is 36.9 Å². The minimum Gasteiger partial charge on any atom is -0.370 e. The molecule has 0 radical (unpaired) electrons. The van der Waals surface area contributed by atoms with E-state index in [0.29, 0.717) is 5.92 Å². The zero-order valence-corrected chi connectivity index (χ0v) is 13.4. The van der Waals surface area contributed by atoms with Gasteiger partial charge >= 0.3 is 0 Å². The SMILES string of the molecule is CCN(CC)CCCNc1nc(C2CC2)nc(NN)c1C. The summed E-state index contributed by atoms with van der Waals surface area (Å²) in [7, 11) is 0. The molecule has 1 aliphatic carbocycles. The van der Waals surface area contributed by atoms with Crippen LogP contribution in [0, 0.1) is 6.92 Å². The Morgan fingerprint density at radius 2 is 1.86 bits per heavy atom. The van der Waals surface area contributed by atoms with Gasteiger partial charge in [-0.1, -0.05) is 13.8 Å². The number of nitrogens with two attached hydrogens (primary N) is 1. The fraction of sp³-hybridized carbons (Fsp3) is 0.733. The highest BCUT2D eigenvalue weighted by Crippen LogP contribution is 2.39. The second-order valence-electron chi connectivity index (χ2n) is 5.63. The molecule has 0 spiro atoms. The summed E-state index contributed by atoms with van der Waals surface area (Å²) in [4.78, 5) is 11.6. The van der Waals surface area contributed by atoms with E-state index in [2.05, 4.69) is 39.5 Å². The quantitative estimate of drug-likeness (QED) is 0.367. The number of hydrazine groups is 1. The first-order chi connectivity index (χ1) is 10.2. The summed E-state index contributed by atoms with van der Waals surface area (Å²) in [6.07, 6.45) is 3.48. The minimum atomic E-state index is 0.522. The molecule has 6 nitrogen and oxygen atoms in total. The first-order valence-electron chi connectivity index (χ1n) is 8.00. The van der Waals surface area contributed by atoms with Gasteiger partial charge in [0, 0.05) is 18.0 Å². The number of anilines is 2. The molecule has 0 amide bonds. The smallest absolute Gasteiger partial charge is 0.148 e. The van der Waals surface area contributed by atoms with Crippen LogP contribution < -0.4 is 16.6 Å². The summed E-state index contributed by atoms with van der Waals surface area (Å²) in [5, 5.41) is 3.44. The molecule has 0 aromatic carbocycles. The highest BCUT2D eigenvalue weighted by Gasteiger charge is 2.28. The first kappa shape index (κ1) is 16.0. The van der Waals surface area contributed by atoms with Crippen LogP contribution in [0.4, 0.5) is 11.6 Å². The third-order valence-electron chi connectivity index (χ3n) is 4.08. The van der Waals surface area contributed by atoms with E-state index < -0.39 is 0 Å². The second-order valence-corrected chi connectivity index (χ2v) is 5.63. The summed E-state index contributed by atoms with van der Waals surface area (Å²) in [6.45, 7) is 10.6. The van der Waals surface area contributed by atoms with E-state index in [1.165, 1.54) is 12.8 Å². The molecule has 4 N–H and O–H groups in total. The van der Waals surface area contributed by atoms with Crippen molar-refractivity contribution >= 4 is 11.6 Å². The lowest BCUT2D eigenvalue weighted by molar-refractivity contribution is 0.303. The van der Waals surface area contributed by atoms with Gasteiger partial charge in [0.15, 0.2) is 0 Å². The van der Waals surface area contributed by atoms with E-state index >= 15 is 0 Å². The lowest BCUT2D eigenvalue weighted by Crippen LogP contribution is -2.25. The average Bonchev–Trinajstić information content (AvgIpc) is 3.33. The minimum absolute atomic E-state index is 0.522. The van der Waals surface area contributed by atoms with Crippen LogP contribution in [0.15, 0.2) is 0 Å². The van der Waals surface area contributed by atoms with E-state index in [9.17, 15) is 0 Å². The van der Waals surface area contributed by atoms with Crippen LogP contribution >= 0.6 is 0 Å². The number of aromatic nitrogens is 2. The molecule has 2 rings (SSSR count). The zero-order valence-electron chi connectivity index (χ0n) is 13.4. The number of rotatable bonds is 9. The Kier molecular flexibility index (Phi) is 5.76. The van der Waals surface area contributed by atoms with E-state index in [1.807, 2.05) is 6.92 Å². The van der Waals surface area contributed by atoms with E-state index in [1.54, 1.807) is 0 Å². The highest BCUT2D eigenvalue weighted by molar-refractivity contribution is 5.57. The molecule has 0 atom stereocenters. The lowest BCUT2D eigenvalue weighted by Gasteiger charge is -2.18. The molecule has 0 bridgehead atoms. The van der Waals surface area contributed by atoms with Gasteiger partial charge in [-0.25, -0.2) is 15.8 Å². The van der Waals surface area contributed by atoms with Crippen molar-refractivity contribution in [3.8, 4) is 0 Å². The summed E-state index contributed by atoms with van der Waals surface area (Å²) >= 11 is 0. The van der Waals surface area contributed by atoms with Crippen molar-refractivity contribution in [2.45, 2.75) is 46.0 Å². The van der Waals surface area contributed by atoms with Crippen LogP contribution in [-0.4, -0.2) is 41.0 Å². The molecule has 6 heteroatoms. The van der Waals surface area contributed by atoms with Gasteiger partial charge in [0.2, 0.25) is 0 Å². The van der Waals surface area contributed by atoms with Crippen LogP contribution in [0.3, 0.4) is 0 Å². The van der Waals surface area contributed by atoms with Crippen molar-refractivity contribution in [1.82, 2.24) is 14.9 Å². The molecule has 0 aliphatic heterocycles. The second kappa shape index (κ2) is 7.56. The first-order valence-corrected chi connectivity index (χ1v) is 8.00. The fourth-order valence-electron chi connectivity index (χ4n) is 2.42. The van der Waals surface area contributed by atoms with E-state index in [-0.39, 0.29) is 0 Å². The van der Waals surface area contributed by atoms with Gasteiger partial charge in [0.05, 0.1) is 0 Å². The summed E-state index contributed by atoms with van der Waals surface area (Å²) in [6, 6.07) is 0. The molecule has 0 saturated heterocycles. The Balaban J connectivity index is 1.94. The van der Waals surface area contributed by atoms with Gasteiger partial charge in [-0.15, -0.1) is 0 Å². The Morgan fingerprint density at radius 1 is 1.19 bits per heavy atom. The molecule has 1 aliphatic rings. The largest absolute Gasteiger partial charge is 0.370 e. The predicted octanol–water partition coefficient (Wildman–Crippen LogP) is 2.09. The van der Waals surface area contributed by atoms with Gasteiger partial charge < -0.3 is 15.6 Å². The van der Waals surface area contributed by atoms with Gasteiger partial charge in [-0.3, -0.25) is 0 Å². The van der Waals surface area contributed by atoms with Crippen molar-refractivity contribution in [1.29, 1.82) is 0 Å². The molecule has 1 aromatic rings. The van der Waals surface area contributed by atoms with E-state index in [0.717, 1.165) is 55.6 Å². The van der Waals surface area contributed by atoms with Crippen LogP contribution in [-0.2, 0) is 0 Å². The molecule has 0 unspecified atom stereocenters. The van der Waals surface area contributed by atoms with Crippen molar-refractivity contribution in [3.05, 3.63) is 11.4 Å². The highest BCUT2D eigenvalue weighted by atomic mass is 15.3. The normalized spacial score (nSPS) is 14.5. The summed E-state index contributed by atoms with van der Waals surface area (Å²) < 4.78 is 0. The average molecular weight is 292 g/mol. The maximum Gasteiger partial charge on any atom is 0.148 e. The van der Waals surface area contributed by atoms with Gasteiger partial charge in [0.1, 0.15) is 17.5 Å². The number of nitrogen functional groups attached to an aromatic ring is 1. The maximum atomic E-state index is 5.56. The lowest BCUT2D eigenvalue weighted by atomic mass is 10.2. The molecule has 1 fully saturated rings. The predicted molar refractivity (Wildman–Crippen MR) is 87.4 cm³/mol. The molecular weight excluding hydrogens is 264 g/mol. The number of hydrogen-bond donors (Lipinski definition) is 3. The molecule has 118 valence electrons. The van der Waals surface area contributed by atoms with Gasteiger partial charge in [0.25, 0.3) is 0 Å². The van der Waals surface area contributed by atoms with Crippen LogP contribution in [0.2, 0.25) is 0 Å². The topological polar surface area (TPSA) is 79.1 Å². The molecule has 1 saturated carbocycles. The Morgan fingerprint density at radius 3 is 2.43 bits per heavy atom. The number of nitrogens with zero attached hydrogens (tertiary/aromatic N) is 3. The van der Waals surface area contributed by atoms with Crippen molar-refractivity contribution in [3.63, 3.8) is 0 Å². The van der Waals surface area contributed by atoms with Gasteiger partial charge in [-0.05, 0) is 45.8 Å². The van der Waals surface area contributed by atoms with Crippen LogP contribution in [0.25, 0.3) is 0 Å². The standard InChI is InChI=1S/C15H28N6/c1-4-21(5-2)10-6-9-17-13-11(3)14(20-16)19-15(18-13)12-7-8-12/h12H,4-10,16H2,1-3H3,(H2,17,18,19,20). The Bertz CT molecular complexity index is 454. The van der Waals surface area contributed by atoms with Crippen molar-refractivity contribution < 1.29 is 0 Å². The third kappa shape index (κ3) is 4.28. The molecule has 21 heavy (non-hydrogen) atoms. The monoisotopic (exact) mass is 292 g/mol.